The molecular formula is C11H19N3O. The molecule has 0 aliphatic heterocycles. The van der Waals surface area contributed by atoms with Crippen molar-refractivity contribution < 1.29 is 4.79 Å². The molecule has 1 aromatic rings. The highest BCUT2D eigenvalue weighted by Gasteiger charge is 2.10. The zero-order valence-corrected chi connectivity index (χ0v) is 9.66. The minimum atomic E-state index is 0.155. The summed E-state index contributed by atoms with van der Waals surface area (Å²) >= 11 is 0. The molecule has 1 N–H and O–H groups in total. The number of hydrogen-bond donors (Lipinski definition) is 1. The van der Waals surface area contributed by atoms with Crippen molar-refractivity contribution >= 4 is 5.78 Å². The molecule has 0 aliphatic rings. The van der Waals surface area contributed by atoms with Gasteiger partial charge in [0.05, 0.1) is 0 Å². The largest absolute Gasteiger partial charge is 0.314 e. The fraction of sp³-hybridized carbons (Fsp3) is 0.636. The Kier molecular flexibility index (Phi) is 4.49. The highest BCUT2D eigenvalue weighted by molar-refractivity contribution is 5.94. The predicted octanol–water partition coefficient (Wildman–Crippen LogP) is 1.47. The number of rotatable bonds is 6. The summed E-state index contributed by atoms with van der Waals surface area (Å²) < 4.78 is 1.73. The number of carbonyl (C=O) groups excluding carboxylic acids is 1. The van der Waals surface area contributed by atoms with E-state index in [-0.39, 0.29) is 5.78 Å². The first-order chi connectivity index (χ1) is 7.15. The zero-order chi connectivity index (χ0) is 11.3. The molecule has 0 fully saturated rings. The van der Waals surface area contributed by atoms with Gasteiger partial charge in [0.15, 0.2) is 5.78 Å². The van der Waals surface area contributed by atoms with E-state index in [1.165, 1.54) is 0 Å². The molecule has 0 bridgehead atoms. The standard InChI is InChI=1S/C11H19N3O/c1-4-14-10(5-8-13-14)11(15)6-7-12-9(2)3/h5,8-9,12H,4,6-7H2,1-3H3. The number of aryl methyl sites for hydroxylation is 1. The molecule has 84 valence electrons. The number of nitrogens with one attached hydrogen (secondary N) is 1. The van der Waals surface area contributed by atoms with E-state index in [2.05, 4.69) is 24.3 Å². The Morgan fingerprint density at radius 2 is 2.33 bits per heavy atom. The lowest BCUT2D eigenvalue weighted by atomic mass is 10.2. The molecule has 0 saturated carbocycles. The van der Waals surface area contributed by atoms with Gasteiger partial charge in [-0.3, -0.25) is 9.48 Å². The van der Waals surface area contributed by atoms with Gasteiger partial charge in [0.25, 0.3) is 0 Å². The van der Waals surface area contributed by atoms with Gasteiger partial charge in [-0.25, -0.2) is 0 Å². The van der Waals surface area contributed by atoms with Crippen molar-refractivity contribution in [1.82, 2.24) is 15.1 Å². The smallest absolute Gasteiger partial charge is 0.182 e. The molecule has 1 rings (SSSR count). The minimum Gasteiger partial charge on any atom is -0.314 e. The van der Waals surface area contributed by atoms with Crippen LogP contribution in [0, 0.1) is 0 Å². The summed E-state index contributed by atoms with van der Waals surface area (Å²) in [4.78, 5) is 11.8. The lowest BCUT2D eigenvalue weighted by Gasteiger charge is -2.07. The first-order valence-electron chi connectivity index (χ1n) is 5.43. The number of aromatic nitrogens is 2. The number of nitrogens with zero attached hydrogens (tertiary/aromatic N) is 2. The number of Topliss-reactive ketones (excluding diaryl/α,β-unsaturated/α-hetero) is 1. The van der Waals surface area contributed by atoms with E-state index in [9.17, 15) is 4.79 Å². The number of ketones is 1. The third kappa shape index (κ3) is 3.47. The van der Waals surface area contributed by atoms with Crippen molar-refractivity contribution in [1.29, 1.82) is 0 Å². The van der Waals surface area contributed by atoms with Gasteiger partial charge in [-0.1, -0.05) is 13.8 Å². The molecule has 1 heterocycles. The Morgan fingerprint density at radius 3 is 2.93 bits per heavy atom. The molecule has 0 saturated heterocycles. The molecule has 1 aromatic heterocycles. The Hall–Kier alpha value is -1.16. The molecular weight excluding hydrogens is 190 g/mol. The highest BCUT2D eigenvalue weighted by atomic mass is 16.1. The van der Waals surface area contributed by atoms with E-state index >= 15 is 0 Å². The average Bonchev–Trinajstić information content (AvgIpc) is 2.64. The van der Waals surface area contributed by atoms with Gasteiger partial charge in [-0.05, 0) is 13.0 Å². The van der Waals surface area contributed by atoms with Crippen LogP contribution in [-0.4, -0.2) is 28.2 Å². The first-order valence-corrected chi connectivity index (χ1v) is 5.43. The van der Waals surface area contributed by atoms with Crippen molar-refractivity contribution in [2.24, 2.45) is 0 Å². The van der Waals surface area contributed by atoms with Crippen LogP contribution in [0.5, 0.6) is 0 Å². The summed E-state index contributed by atoms with van der Waals surface area (Å²) in [6.07, 6.45) is 2.20. The molecule has 0 aromatic carbocycles. The summed E-state index contributed by atoms with van der Waals surface area (Å²) in [5, 5.41) is 7.30. The second kappa shape index (κ2) is 5.66. The minimum absolute atomic E-state index is 0.155. The van der Waals surface area contributed by atoms with Gasteiger partial charge in [0, 0.05) is 31.7 Å². The summed E-state index contributed by atoms with van der Waals surface area (Å²) in [7, 11) is 0. The van der Waals surface area contributed by atoms with E-state index in [0.29, 0.717) is 18.2 Å². The fourth-order valence-corrected chi connectivity index (χ4v) is 1.42. The van der Waals surface area contributed by atoms with Gasteiger partial charge in [0.1, 0.15) is 5.69 Å². The van der Waals surface area contributed by atoms with Gasteiger partial charge in [-0.2, -0.15) is 5.10 Å². The third-order valence-electron chi connectivity index (χ3n) is 2.21. The maximum absolute atomic E-state index is 11.8. The monoisotopic (exact) mass is 209 g/mol. The van der Waals surface area contributed by atoms with Crippen LogP contribution in [0.15, 0.2) is 12.3 Å². The Balaban J connectivity index is 2.47. The van der Waals surface area contributed by atoms with Crippen LogP contribution in [-0.2, 0) is 6.54 Å². The molecule has 0 amide bonds. The lowest BCUT2D eigenvalue weighted by Crippen LogP contribution is -2.26. The van der Waals surface area contributed by atoms with E-state index in [0.717, 1.165) is 13.1 Å². The van der Waals surface area contributed by atoms with Gasteiger partial charge in [0.2, 0.25) is 0 Å². The lowest BCUT2D eigenvalue weighted by molar-refractivity contribution is 0.0972. The Labute approximate surface area is 90.7 Å². The summed E-state index contributed by atoms with van der Waals surface area (Å²) in [6.45, 7) is 7.59. The molecule has 0 aliphatic carbocycles. The van der Waals surface area contributed by atoms with Gasteiger partial charge in [-0.15, -0.1) is 0 Å². The van der Waals surface area contributed by atoms with Crippen molar-refractivity contribution in [3.63, 3.8) is 0 Å². The van der Waals surface area contributed by atoms with Crippen LogP contribution >= 0.6 is 0 Å². The van der Waals surface area contributed by atoms with Crippen molar-refractivity contribution in [2.45, 2.75) is 39.8 Å². The fourth-order valence-electron chi connectivity index (χ4n) is 1.42. The first kappa shape index (κ1) is 11.9. The second-order valence-corrected chi connectivity index (χ2v) is 3.81. The SMILES string of the molecule is CCn1nccc1C(=O)CCNC(C)C. The van der Waals surface area contributed by atoms with Gasteiger partial charge < -0.3 is 5.32 Å². The summed E-state index contributed by atoms with van der Waals surface area (Å²) in [6, 6.07) is 2.20. The van der Waals surface area contributed by atoms with E-state index in [1.807, 2.05) is 6.92 Å². The molecule has 0 unspecified atom stereocenters. The highest BCUT2D eigenvalue weighted by Crippen LogP contribution is 2.02. The molecule has 4 nitrogen and oxygen atoms in total. The van der Waals surface area contributed by atoms with Crippen molar-refractivity contribution in [3.8, 4) is 0 Å². The average molecular weight is 209 g/mol. The molecule has 0 spiro atoms. The van der Waals surface area contributed by atoms with Crippen LogP contribution < -0.4 is 5.32 Å². The van der Waals surface area contributed by atoms with Crippen LogP contribution in [0.1, 0.15) is 37.7 Å². The van der Waals surface area contributed by atoms with Crippen molar-refractivity contribution in [3.05, 3.63) is 18.0 Å². The van der Waals surface area contributed by atoms with E-state index < -0.39 is 0 Å². The van der Waals surface area contributed by atoms with Crippen molar-refractivity contribution in [2.75, 3.05) is 6.54 Å². The van der Waals surface area contributed by atoms with Crippen LogP contribution in [0.3, 0.4) is 0 Å². The van der Waals surface area contributed by atoms with E-state index in [4.69, 9.17) is 0 Å². The van der Waals surface area contributed by atoms with Gasteiger partial charge >= 0.3 is 0 Å². The van der Waals surface area contributed by atoms with Crippen LogP contribution in [0.2, 0.25) is 0 Å². The number of hydrogen-bond acceptors (Lipinski definition) is 3. The number of carbonyl (C=O) groups is 1. The summed E-state index contributed by atoms with van der Waals surface area (Å²) in [5.74, 6) is 0.155. The quantitative estimate of drug-likeness (QED) is 0.722. The molecule has 0 radical (unpaired) electrons. The van der Waals surface area contributed by atoms with E-state index in [1.54, 1.807) is 16.9 Å². The topological polar surface area (TPSA) is 46.9 Å². The zero-order valence-electron chi connectivity index (χ0n) is 9.66. The third-order valence-corrected chi connectivity index (χ3v) is 2.21. The normalized spacial score (nSPS) is 10.9. The Bertz CT molecular complexity index is 317. The maximum Gasteiger partial charge on any atom is 0.182 e. The predicted molar refractivity (Wildman–Crippen MR) is 60.0 cm³/mol. The maximum atomic E-state index is 11.8. The molecule has 4 heteroatoms. The molecule has 15 heavy (non-hydrogen) atoms. The molecule has 0 atom stereocenters. The summed E-state index contributed by atoms with van der Waals surface area (Å²) in [5.41, 5.74) is 0.711. The second-order valence-electron chi connectivity index (χ2n) is 3.81. The van der Waals surface area contributed by atoms with Crippen LogP contribution in [0.4, 0.5) is 0 Å². The van der Waals surface area contributed by atoms with Crippen LogP contribution in [0.25, 0.3) is 0 Å². The Morgan fingerprint density at radius 1 is 1.60 bits per heavy atom.